The van der Waals surface area contributed by atoms with E-state index in [2.05, 4.69) is 10.6 Å². The van der Waals surface area contributed by atoms with Crippen molar-refractivity contribution in [1.29, 1.82) is 0 Å². The second kappa shape index (κ2) is 7.97. The number of carbonyl (C=O) groups excluding carboxylic acids is 2. The van der Waals surface area contributed by atoms with Crippen molar-refractivity contribution >= 4 is 17.5 Å². The number of hydrogen-bond acceptors (Lipinski definition) is 2. The number of anilines is 1. The van der Waals surface area contributed by atoms with E-state index in [1.165, 1.54) is 5.56 Å². The van der Waals surface area contributed by atoms with Gasteiger partial charge in [-0.05, 0) is 61.6 Å². The Balaban J connectivity index is 2.14. The van der Waals surface area contributed by atoms with Crippen molar-refractivity contribution in [1.82, 2.24) is 5.32 Å². The lowest BCUT2D eigenvalue weighted by Crippen LogP contribution is -2.47. The van der Waals surface area contributed by atoms with Gasteiger partial charge in [-0.3, -0.25) is 9.59 Å². The highest BCUT2D eigenvalue weighted by Crippen LogP contribution is 2.16. The second-order valence-corrected chi connectivity index (χ2v) is 6.80. The molecule has 0 unspecified atom stereocenters. The standard InChI is InChI=1S/C21H26N2O2/c1-13(2)19(23-20(24)18-9-7-6-8-15(18)4)21(25)22-17-11-10-14(3)16(5)12-17/h6-13,19H,1-5H3,(H,22,25)(H,23,24)/t19-/m0/s1. The van der Waals surface area contributed by atoms with E-state index in [0.717, 1.165) is 16.8 Å². The summed E-state index contributed by atoms with van der Waals surface area (Å²) in [5.41, 5.74) is 4.50. The number of rotatable bonds is 5. The quantitative estimate of drug-likeness (QED) is 0.865. The van der Waals surface area contributed by atoms with Crippen molar-refractivity contribution < 1.29 is 9.59 Å². The summed E-state index contributed by atoms with van der Waals surface area (Å²) in [5.74, 6) is -0.466. The van der Waals surface area contributed by atoms with Crippen LogP contribution >= 0.6 is 0 Å². The van der Waals surface area contributed by atoms with Gasteiger partial charge in [0.2, 0.25) is 5.91 Å². The van der Waals surface area contributed by atoms with E-state index in [1.807, 2.05) is 71.0 Å². The maximum atomic E-state index is 12.7. The molecule has 132 valence electrons. The maximum absolute atomic E-state index is 12.7. The Labute approximate surface area is 149 Å². The Morgan fingerprint density at radius 2 is 1.56 bits per heavy atom. The topological polar surface area (TPSA) is 58.2 Å². The molecule has 0 fully saturated rings. The first-order chi connectivity index (χ1) is 11.8. The number of carbonyl (C=O) groups is 2. The molecular formula is C21H26N2O2. The highest BCUT2D eigenvalue weighted by atomic mass is 16.2. The number of benzene rings is 2. The predicted octanol–water partition coefficient (Wildman–Crippen LogP) is 4.00. The van der Waals surface area contributed by atoms with Gasteiger partial charge in [0, 0.05) is 11.3 Å². The number of aryl methyl sites for hydroxylation is 3. The van der Waals surface area contributed by atoms with Crippen molar-refractivity contribution in [3.05, 3.63) is 64.7 Å². The van der Waals surface area contributed by atoms with Crippen LogP contribution in [-0.2, 0) is 4.79 Å². The molecule has 2 rings (SSSR count). The highest BCUT2D eigenvalue weighted by molar-refractivity contribution is 6.01. The highest BCUT2D eigenvalue weighted by Gasteiger charge is 2.25. The molecule has 0 aliphatic heterocycles. The summed E-state index contributed by atoms with van der Waals surface area (Å²) in [6, 6.07) is 12.5. The van der Waals surface area contributed by atoms with Crippen molar-refractivity contribution in [3.63, 3.8) is 0 Å². The van der Waals surface area contributed by atoms with Gasteiger partial charge in [-0.2, -0.15) is 0 Å². The van der Waals surface area contributed by atoms with Gasteiger partial charge < -0.3 is 10.6 Å². The molecule has 1 atom stereocenters. The second-order valence-electron chi connectivity index (χ2n) is 6.80. The summed E-state index contributed by atoms with van der Waals surface area (Å²) in [6.07, 6.45) is 0. The first-order valence-electron chi connectivity index (χ1n) is 8.54. The van der Waals surface area contributed by atoms with Gasteiger partial charge in [0.15, 0.2) is 0 Å². The van der Waals surface area contributed by atoms with Crippen LogP contribution in [-0.4, -0.2) is 17.9 Å². The Morgan fingerprint density at radius 1 is 0.880 bits per heavy atom. The predicted molar refractivity (Wildman–Crippen MR) is 102 cm³/mol. The molecule has 0 radical (unpaired) electrons. The number of amides is 2. The van der Waals surface area contributed by atoms with Gasteiger partial charge in [0.25, 0.3) is 5.91 Å². The molecule has 0 aliphatic carbocycles. The van der Waals surface area contributed by atoms with E-state index >= 15 is 0 Å². The van der Waals surface area contributed by atoms with Crippen LogP contribution in [0.1, 0.15) is 40.9 Å². The van der Waals surface area contributed by atoms with E-state index in [0.29, 0.717) is 5.56 Å². The van der Waals surface area contributed by atoms with Gasteiger partial charge in [-0.25, -0.2) is 0 Å². The van der Waals surface area contributed by atoms with E-state index in [-0.39, 0.29) is 17.7 Å². The van der Waals surface area contributed by atoms with Crippen LogP contribution in [0.5, 0.6) is 0 Å². The lowest BCUT2D eigenvalue weighted by Gasteiger charge is -2.22. The lowest BCUT2D eigenvalue weighted by molar-refractivity contribution is -0.118. The molecule has 25 heavy (non-hydrogen) atoms. The lowest BCUT2D eigenvalue weighted by atomic mass is 10.0. The van der Waals surface area contributed by atoms with Crippen molar-refractivity contribution in [2.24, 2.45) is 5.92 Å². The molecule has 2 amide bonds. The largest absolute Gasteiger partial charge is 0.340 e. The Kier molecular flexibility index (Phi) is 5.97. The van der Waals surface area contributed by atoms with E-state index in [4.69, 9.17) is 0 Å². The summed E-state index contributed by atoms with van der Waals surface area (Å²) in [7, 11) is 0. The first-order valence-corrected chi connectivity index (χ1v) is 8.54. The molecule has 4 heteroatoms. The van der Waals surface area contributed by atoms with Gasteiger partial charge in [0.05, 0.1) is 0 Å². The zero-order valence-corrected chi connectivity index (χ0v) is 15.5. The molecule has 0 spiro atoms. The fourth-order valence-corrected chi connectivity index (χ4v) is 2.62. The van der Waals surface area contributed by atoms with Gasteiger partial charge in [-0.15, -0.1) is 0 Å². The van der Waals surface area contributed by atoms with Gasteiger partial charge in [0.1, 0.15) is 6.04 Å². The number of nitrogens with one attached hydrogen (secondary N) is 2. The normalized spacial score (nSPS) is 11.9. The molecule has 0 heterocycles. The summed E-state index contributed by atoms with van der Waals surface area (Å²) >= 11 is 0. The third kappa shape index (κ3) is 4.69. The van der Waals surface area contributed by atoms with Gasteiger partial charge >= 0.3 is 0 Å². The average Bonchev–Trinajstić information content (AvgIpc) is 2.55. The fourth-order valence-electron chi connectivity index (χ4n) is 2.62. The molecule has 2 aromatic rings. The third-order valence-electron chi connectivity index (χ3n) is 4.40. The van der Waals surface area contributed by atoms with Crippen LogP contribution in [0.2, 0.25) is 0 Å². The molecule has 2 aromatic carbocycles. The molecular weight excluding hydrogens is 312 g/mol. The zero-order chi connectivity index (χ0) is 18.6. The summed E-state index contributed by atoms with van der Waals surface area (Å²) in [5, 5.41) is 5.78. The number of hydrogen-bond donors (Lipinski definition) is 2. The Bertz CT molecular complexity index is 781. The third-order valence-corrected chi connectivity index (χ3v) is 4.40. The van der Waals surface area contributed by atoms with E-state index < -0.39 is 6.04 Å². The van der Waals surface area contributed by atoms with Crippen LogP contribution in [0, 0.1) is 26.7 Å². The van der Waals surface area contributed by atoms with Crippen LogP contribution < -0.4 is 10.6 Å². The molecule has 0 aromatic heterocycles. The molecule has 0 saturated carbocycles. The maximum Gasteiger partial charge on any atom is 0.252 e. The fraction of sp³-hybridized carbons (Fsp3) is 0.333. The molecule has 0 bridgehead atoms. The molecule has 2 N–H and O–H groups in total. The zero-order valence-electron chi connectivity index (χ0n) is 15.5. The monoisotopic (exact) mass is 338 g/mol. The molecule has 4 nitrogen and oxygen atoms in total. The van der Waals surface area contributed by atoms with Crippen molar-refractivity contribution in [2.75, 3.05) is 5.32 Å². The van der Waals surface area contributed by atoms with Crippen molar-refractivity contribution in [3.8, 4) is 0 Å². The van der Waals surface area contributed by atoms with Gasteiger partial charge in [-0.1, -0.05) is 38.1 Å². The van der Waals surface area contributed by atoms with Crippen LogP contribution in [0.4, 0.5) is 5.69 Å². The molecule has 0 aliphatic rings. The van der Waals surface area contributed by atoms with Crippen molar-refractivity contribution in [2.45, 2.75) is 40.7 Å². The van der Waals surface area contributed by atoms with Crippen LogP contribution in [0.25, 0.3) is 0 Å². The Hall–Kier alpha value is -2.62. The first kappa shape index (κ1) is 18.7. The summed E-state index contributed by atoms with van der Waals surface area (Å²) in [6.45, 7) is 9.76. The van der Waals surface area contributed by atoms with Crippen LogP contribution in [0.3, 0.4) is 0 Å². The minimum atomic E-state index is -0.603. The summed E-state index contributed by atoms with van der Waals surface area (Å²) in [4.78, 5) is 25.2. The minimum Gasteiger partial charge on any atom is -0.340 e. The van der Waals surface area contributed by atoms with E-state index in [1.54, 1.807) is 6.07 Å². The Morgan fingerprint density at radius 3 is 2.16 bits per heavy atom. The van der Waals surface area contributed by atoms with E-state index in [9.17, 15) is 9.59 Å². The smallest absolute Gasteiger partial charge is 0.252 e. The minimum absolute atomic E-state index is 0.0282. The SMILES string of the molecule is Cc1ccc(NC(=O)[C@@H](NC(=O)c2ccccc2C)C(C)C)cc1C. The average molecular weight is 338 g/mol. The summed E-state index contributed by atoms with van der Waals surface area (Å²) < 4.78 is 0. The molecule has 0 saturated heterocycles. The van der Waals surface area contributed by atoms with Crippen LogP contribution in [0.15, 0.2) is 42.5 Å².